The van der Waals surface area contributed by atoms with Crippen LogP contribution in [0.2, 0.25) is 0 Å². The van der Waals surface area contributed by atoms with Crippen LogP contribution in [-0.2, 0) is 0 Å². The maximum atomic E-state index is 5.70. The molecule has 1 aromatic rings. The lowest BCUT2D eigenvalue weighted by Crippen LogP contribution is -2.32. The van der Waals surface area contributed by atoms with E-state index >= 15 is 0 Å². The largest absolute Gasteiger partial charge is 0.349 e. The number of hydrogen-bond donors (Lipinski definition) is 1. The summed E-state index contributed by atoms with van der Waals surface area (Å²) in [5.74, 6) is 1.28. The molecule has 14 heavy (non-hydrogen) atoms. The SMILES string of the molecule is CC(C)(CCCl)Nc1ncc(I)cn1. The predicted molar refractivity (Wildman–Crippen MR) is 67.8 cm³/mol. The number of hydrogen-bond acceptors (Lipinski definition) is 3. The van der Waals surface area contributed by atoms with Gasteiger partial charge in [-0.05, 0) is 42.9 Å². The molecule has 0 spiro atoms. The van der Waals surface area contributed by atoms with Crippen LogP contribution in [-0.4, -0.2) is 21.4 Å². The molecule has 0 bridgehead atoms. The third-order valence-corrected chi connectivity index (χ3v) is 2.54. The molecule has 0 aliphatic rings. The van der Waals surface area contributed by atoms with Crippen molar-refractivity contribution in [1.82, 2.24) is 9.97 Å². The van der Waals surface area contributed by atoms with Gasteiger partial charge in [0.2, 0.25) is 5.95 Å². The highest BCUT2D eigenvalue weighted by atomic mass is 127. The molecule has 3 nitrogen and oxygen atoms in total. The Morgan fingerprint density at radius 3 is 2.50 bits per heavy atom. The van der Waals surface area contributed by atoms with E-state index in [0.29, 0.717) is 11.8 Å². The second kappa shape index (κ2) is 5.11. The molecule has 0 aromatic carbocycles. The van der Waals surface area contributed by atoms with Crippen molar-refractivity contribution in [3.05, 3.63) is 16.0 Å². The lowest BCUT2D eigenvalue weighted by Gasteiger charge is -2.24. The molecule has 1 rings (SSSR count). The van der Waals surface area contributed by atoms with Crippen molar-refractivity contribution >= 4 is 40.1 Å². The molecule has 0 aliphatic heterocycles. The van der Waals surface area contributed by atoms with Crippen molar-refractivity contribution in [1.29, 1.82) is 0 Å². The molecule has 0 saturated carbocycles. The van der Waals surface area contributed by atoms with Gasteiger partial charge >= 0.3 is 0 Å². The number of aromatic nitrogens is 2. The van der Waals surface area contributed by atoms with Gasteiger partial charge in [-0.15, -0.1) is 11.6 Å². The Kier molecular flexibility index (Phi) is 4.37. The van der Waals surface area contributed by atoms with E-state index in [1.165, 1.54) is 0 Å². The summed E-state index contributed by atoms with van der Waals surface area (Å²) < 4.78 is 1.03. The Bertz CT molecular complexity index is 287. The monoisotopic (exact) mass is 325 g/mol. The maximum absolute atomic E-state index is 5.70. The molecular formula is C9H13ClIN3. The van der Waals surface area contributed by atoms with E-state index < -0.39 is 0 Å². The topological polar surface area (TPSA) is 37.8 Å². The van der Waals surface area contributed by atoms with E-state index in [9.17, 15) is 0 Å². The Balaban J connectivity index is 2.64. The second-order valence-corrected chi connectivity index (χ2v) is 5.30. The fraction of sp³-hybridized carbons (Fsp3) is 0.556. The van der Waals surface area contributed by atoms with Gasteiger partial charge in [-0.2, -0.15) is 0 Å². The van der Waals surface area contributed by atoms with E-state index in [1.54, 1.807) is 12.4 Å². The van der Waals surface area contributed by atoms with Crippen molar-refractivity contribution in [3.63, 3.8) is 0 Å². The quantitative estimate of drug-likeness (QED) is 0.683. The Hall–Kier alpha value is -0.100. The summed E-state index contributed by atoms with van der Waals surface area (Å²) in [4.78, 5) is 8.35. The molecule has 1 N–H and O–H groups in total. The van der Waals surface area contributed by atoms with Gasteiger partial charge in [0.05, 0.1) is 0 Å². The van der Waals surface area contributed by atoms with Gasteiger partial charge < -0.3 is 5.32 Å². The van der Waals surface area contributed by atoms with Crippen LogP contribution in [0.25, 0.3) is 0 Å². The van der Waals surface area contributed by atoms with Crippen molar-refractivity contribution in [2.75, 3.05) is 11.2 Å². The highest BCUT2D eigenvalue weighted by Gasteiger charge is 2.17. The van der Waals surface area contributed by atoms with Crippen molar-refractivity contribution in [3.8, 4) is 0 Å². The minimum absolute atomic E-state index is 0.0610. The highest BCUT2D eigenvalue weighted by molar-refractivity contribution is 14.1. The first-order valence-electron chi connectivity index (χ1n) is 4.35. The zero-order chi connectivity index (χ0) is 10.6. The molecule has 0 radical (unpaired) electrons. The van der Waals surface area contributed by atoms with Gasteiger partial charge in [-0.1, -0.05) is 0 Å². The summed E-state index contributed by atoms with van der Waals surface area (Å²) in [7, 11) is 0. The first kappa shape index (κ1) is 12.0. The van der Waals surface area contributed by atoms with Crippen molar-refractivity contribution in [2.45, 2.75) is 25.8 Å². The zero-order valence-corrected chi connectivity index (χ0v) is 11.1. The first-order chi connectivity index (χ1) is 6.53. The molecule has 0 aliphatic carbocycles. The fourth-order valence-corrected chi connectivity index (χ4v) is 1.73. The van der Waals surface area contributed by atoms with Crippen molar-refractivity contribution in [2.24, 2.45) is 0 Å². The normalized spacial score (nSPS) is 11.4. The molecule has 0 unspecified atom stereocenters. The fourth-order valence-electron chi connectivity index (χ4n) is 0.978. The highest BCUT2D eigenvalue weighted by Crippen LogP contribution is 2.15. The summed E-state index contributed by atoms with van der Waals surface area (Å²) in [6, 6.07) is 0. The molecule has 1 heterocycles. The Morgan fingerprint density at radius 2 is 2.00 bits per heavy atom. The molecule has 0 fully saturated rings. The van der Waals surface area contributed by atoms with Crippen LogP contribution in [0.1, 0.15) is 20.3 Å². The summed E-state index contributed by atoms with van der Waals surface area (Å²) in [6.07, 6.45) is 4.45. The molecule has 0 saturated heterocycles. The third kappa shape index (κ3) is 3.96. The number of halogens is 2. The van der Waals surface area contributed by atoms with Crippen LogP contribution in [0.4, 0.5) is 5.95 Å². The Labute approximate surface area is 103 Å². The van der Waals surface area contributed by atoms with Crippen LogP contribution in [0.5, 0.6) is 0 Å². The Morgan fingerprint density at radius 1 is 1.43 bits per heavy atom. The van der Waals surface area contributed by atoms with Crippen LogP contribution in [0, 0.1) is 3.57 Å². The van der Waals surface area contributed by atoms with E-state index in [4.69, 9.17) is 11.6 Å². The van der Waals surface area contributed by atoms with E-state index in [1.807, 2.05) is 0 Å². The van der Waals surface area contributed by atoms with Gasteiger partial charge in [-0.25, -0.2) is 9.97 Å². The van der Waals surface area contributed by atoms with Gasteiger partial charge in [0.25, 0.3) is 0 Å². The standard InChI is InChI=1S/C9H13ClIN3/c1-9(2,3-4-10)14-8-12-5-7(11)6-13-8/h5-6H,3-4H2,1-2H3,(H,12,13,14). The average Bonchev–Trinajstić information content (AvgIpc) is 2.08. The number of nitrogens with one attached hydrogen (secondary N) is 1. The number of alkyl halides is 1. The van der Waals surface area contributed by atoms with E-state index in [-0.39, 0.29) is 5.54 Å². The minimum Gasteiger partial charge on any atom is -0.349 e. The first-order valence-corrected chi connectivity index (χ1v) is 5.96. The maximum Gasteiger partial charge on any atom is 0.223 e. The smallest absolute Gasteiger partial charge is 0.223 e. The van der Waals surface area contributed by atoms with Gasteiger partial charge in [0.1, 0.15) is 0 Å². The molecule has 0 atom stereocenters. The lowest BCUT2D eigenvalue weighted by atomic mass is 10.0. The van der Waals surface area contributed by atoms with Crippen molar-refractivity contribution < 1.29 is 0 Å². The summed E-state index contributed by atoms with van der Waals surface area (Å²) >= 11 is 7.87. The van der Waals surface area contributed by atoms with Gasteiger partial charge in [0.15, 0.2) is 0 Å². The van der Waals surface area contributed by atoms with Crippen LogP contribution in [0.3, 0.4) is 0 Å². The average molecular weight is 326 g/mol. The van der Waals surface area contributed by atoms with Crippen LogP contribution >= 0.6 is 34.2 Å². The lowest BCUT2D eigenvalue weighted by molar-refractivity contribution is 0.545. The van der Waals surface area contributed by atoms with Gasteiger partial charge in [0, 0.05) is 27.4 Å². The third-order valence-electron chi connectivity index (χ3n) is 1.79. The van der Waals surface area contributed by atoms with Crippen LogP contribution < -0.4 is 5.32 Å². The number of nitrogens with zero attached hydrogens (tertiary/aromatic N) is 2. The minimum atomic E-state index is -0.0610. The molecular weight excluding hydrogens is 312 g/mol. The molecule has 5 heteroatoms. The summed E-state index contributed by atoms with van der Waals surface area (Å²) in [5, 5.41) is 3.24. The van der Waals surface area contributed by atoms with Gasteiger partial charge in [-0.3, -0.25) is 0 Å². The van der Waals surface area contributed by atoms with Crippen LogP contribution in [0.15, 0.2) is 12.4 Å². The molecule has 78 valence electrons. The van der Waals surface area contributed by atoms with E-state index in [0.717, 1.165) is 9.99 Å². The number of rotatable bonds is 4. The second-order valence-electron chi connectivity index (χ2n) is 3.67. The summed E-state index contributed by atoms with van der Waals surface area (Å²) in [5.41, 5.74) is -0.0610. The zero-order valence-electron chi connectivity index (χ0n) is 8.22. The predicted octanol–water partition coefficient (Wildman–Crippen LogP) is 2.90. The summed E-state index contributed by atoms with van der Waals surface area (Å²) in [6.45, 7) is 4.16. The molecule has 0 amide bonds. The molecule has 1 aromatic heterocycles. The number of anilines is 1. The van der Waals surface area contributed by atoms with E-state index in [2.05, 4.69) is 51.7 Å².